The quantitative estimate of drug-likeness (QED) is 0.520. The minimum atomic E-state index is -0.280. The third-order valence-corrected chi connectivity index (χ3v) is 4.95. The Morgan fingerprint density at radius 1 is 1.21 bits per heavy atom. The van der Waals surface area contributed by atoms with Gasteiger partial charge in [0.05, 0.1) is 28.9 Å². The van der Waals surface area contributed by atoms with Crippen molar-refractivity contribution < 1.29 is 9.53 Å². The highest BCUT2D eigenvalue weighted by Gasteiger charge is 2.24. The number of nitrogens with zero attached hydrogens (tertiary/aromatic N) is 3. The van der Waals surface area contributed by atoms with Gasteiger partial charge in [0, 0.05) is 6.54 Å². The number of hydrogen-bond donors (Lipinski definition) is 2. The summed E-state index contributed by atoms with van der Waals surface area (Å²) in [5.41, 5.74) is 9.75. The predicted molar refractivity (Wildman–Crippen MR) is 115 cm³/mol. The number of anilines is 1. The maximum atomic E-state index is 12.9. The summed E-state index contributed by atoms with van der Waals surface area (Å²) in [6.07, 6.45) is 0.812. The number of aromatic nitrogens is 3. The van der Waals surface area contributed by atoms with E-state index >= 15 is 0 Å². The van der Waals surface area contributed by atoms with Crippen LogP contribution in [0, 0.1) is 0 Å². The number of nitrogen functional groups attached to an aromatic ring is 1. The molecule has 148 valence electrons. The van der Waals surface area contributed by atoms with Gasteiger partial charge in [-0.1, -0.05) is 30.7 Å². The number of ether oxygens (including phenoxy) is 1. The van der Waals surface area contributed by atoms with Crippen molar-refractivity contribution in [3.8, 4) is 11.4 Å². The number of hydrogen-bond acceptors (Lipinski definition) is 5. The van der Waals surface area contributed by atoms with Gasteiger partial charge in [-0.2, -0.15) is 0 Å². The Labute approximate surface area is 172 Å². The second-order valence-electron chi connectivity index (χ2n) is 6.55. The Morgan fingerprint density at radius 2 is 1.93 bits per heavy atom. The van der Waals surface area contributed by atoms with Gasteiger partial charge in [0.15, 0.2) is 5.65 Å². The van der Waals surface area contributed by atoms with Crippen LogP contribution in [0.25, 0.3) is 27.9 Å². The fourth-order valence-electron chi connectivity index (χ4n) is 3.27. The van der Waals surface area contributed by atoms with Crippen LogP contribution in [0.2, 0.25) is 5.02 Å². The number of benzene rings is 2. The number of carbonyl (C=O) groups excluding carboxylic acids is 1. The van der Waals surface area contributed by atoms with Crippen molar-refractivity contribution in [3.05, 3.63) is 53.1 Å². The molecule has 0 aliphatic heterocycles. The third kappa shape index (κ3) is 3.23. The first-order valence-electron chi connectivity index (χ1n) is 9.24. The van der Waals surface area contributed by atoms with E-state index in [4.69, 9.17) is 27.1 Å². The number of nitrogens with one attached hydrogen (secondary N) is 1. The number of para-hydroxylation sites is 2. The van der Waals surface area contributed by atoms with Crippen molar-refractivity contribution in [2.24, 2.45) is 0 Å². The van der Waals surface area contributed by atoms with Gasteiger partial charge in [-0.25, -0.2) is 9.97 Å². The molecule has 0 fully saturated rings. The smallest absolute Gasteiger partial charge is 0.257 e. The molecule has 4 aromatic rings. The highest BCUT2D eigenvalue weighted by Crippen LogP contribution is 2.33. The van der Waals surface area contributed by atoms with Gasteiger partial charge in [-0.15, -0.1) is 0 Å². The van der Waals surface area contributed by atoms with Crippen LogP contribution < -0.4 is 15.8 Å². The summed E-state index contributed by atoms with van der Waals surface area (Å²) >= 11 is 6.32. The van der Waals surface area contributed by atoms with Gasteiger partial charge in [-0.05, 0) is 36.8 Å². The van der Waals surface area contributed by atoms with Crippen LogP contribution in [0.3, 0.4) is 0 Å². The molecular formula is C21H20ClN5O2. The van der Waals surface area contributed by atoms with E-state index < -0.39 is 0 Å². The fourth-order valence-corrected chi connectivity index (χ4v) is 3.52. The molecule has 8 heteroatoms. The SMILES string of the molecule is CCCNC(=O)c1c(N)n(-c2ccc(OC)c(Cl)c2)c2nc3ccccc3nc12. The lowest BCUT2D eigenvalue weighted by atomic mass is 10.2. The number of halogens is 1. The van der Waals surface area contributed by atoms with Gasteiger partial charge < -0.3 is 15.8 Å². The molecule has 29 heavy (non-hydrogen) atoms. The molecule has 4 rings (SSSR count). The maximum absolute atomic E-state index is 12.9. The number of methoxy groups -OCH3 is 1. The van der Waals surface area contributed by atoms with Crippen molar-refractivity contribution in [2.45, 2.75) is 13.3 Å². The van der Waals surface area contributed by atoms with E-state index in [0.29, 0.717) is 50.8 Å². The molecular weight excluding hydrogens is 390 g/mol. The summed E-state index contributed by atoms with van der Waals surface area (Å²) in [5.74, 6) is 0.519. The molecule has 2 aromatic heterocycles. The topological polar surface area (TPSA) is 95.1 Å². The molecule has 1 amide bonds. The molecule has 0 atom stereocenters. The van der Waals surface area contributed by atoms with Crippen molar-refractivity contribution in [1.29, 1.82) is 0 Å². The molecule has 3 N–H and O–H groups in total. The molecule has 0 unspecified atom stereocenters. The summed E-state index contributed by atoms with van der Waals surface area (Å²) in [6.45, 7) is 2.53. The molecule has 0 aliphatic carbocycles. The molecule has 0 aliphatic rings. The van der Waals surface area contributed by atoms with Crippen LogP contribution in [0.5, 0.6) is 5.75 Å². The molecule has 0 saturated carbocycles. The average molecular weight is 410 g/mol. The normalized spacial score (nSPS) is 11.1. The van der Waals surface area contributed by atoms with Gasteiger partial charge >= 0.3 is 0 Å². The molecule has 0 saturated heterocycles. The van der Waals surface area contributed by atoms with Crippen LogP contribution in [0.15, 0.2) is 42.5 Å². The predicted octanol–water partition coefficient (Wildman–Crippen LogP) is 3.96. The fraction of sp³-hybridized carbons (Fsp3) is 0.190. The zero-order valence-electron chi connectivity index (χ0n) is 16.1. The van der Waals surface area contributed by atoms with Crippen LogP contribution >= 0.6 is 11.6 Å². The summed E-state index contributed by atoms with van der Waals surface area (Å²) in [4.78, 5) is 22.3. The summed E-state index contributed by atoms with van der Waals surface area (Å²) in [6, 6.07) is 12.8. The lowest BCUT2D eigenvalue weighted by molar-refractivity contribution is 0.0956. The zero-order valence-corrected chi connectivity index (χ0v) is 16.8. The summed E-state index contributed by atoms with van der Waals surface area (Å²) < 4.78 is 6.93. The molecule has 7 nitrogen and oxygen atoms in total. The van der Waals surface area contributed by atoms with Gasteiger partial charge in [-0.3, -0.25) is 9.36 Å². The van der Waals surface area contributed by atoms with Crippen LogP contribution in [-0.2, 0) is 0 Å². The second-order valence-corrected chi connectivity index (χ2v) is 6.96. The Hall–Kier alpha value is -3.32. The Bertz CT molecular complexity index is 1230. The summed E-state index contributed by atoms with van der Waals surface area (Å²) in [7, 11) is 1.55. The zero-order chi connectivity index (χ0) is 20.5. The van der Waals surface area contributed by atoms with Crippen molar-refractivity contribution >= 4 is 45.5 Å². The average Bonchev–Trinajstić information content (AvgIpc) is 3.01. The summed E-state index contributed by atoms with van der Waals surface area (Å²) in [5, 5.41) is 3.31. The van der Waals surface area contributed by atoms with Crippen molar-refractivity contribution in [1.82, 2.24) is 19.9 Å². The second kappa shape index (κ2) is 7.60. The lowest BCUT2D eigenvalue weighted by Crippen LogP contribution is -2.25. The number of fused-ring (bicyclic) bond motifs is 2. The number of amides is 1. The van der Waals surface area contributed by atoms with E-state index in [1.54, 1.807) is 23.8 Å². The first-order valence-corrected chi connectivity index (χ1v) is 9.61. The Morgan fingerprint density at radius 3 is 2.59 bits per heavy atom. The molecule has 0 spiro atoms. The first-order chi connectivity index (χ1) is 14.0. The van der Waals surface area contributed by atoms with E-state index in [9.17, 15) is 4.79 Å². The first kappa shape index (κ1) is 19.0. The van der Waals surface area contributed by atoms with Crippen LogP contribution in [-0.4, -0.2) is 34.1 Å². The standard InChI is InChI=1S/C21H20ClN5O2/c1-3-10-24-21(28)17-18-20(26-15-7-5-4-6-14(15)25-18)27(19(17)23)12-8-9-16(29-2)13(22)11-12/h4-9,11H,3,10,23H2,1-2H3,(H,24,28). The highest BCUT2D eigenvalue weighted by molar-refractivity contribution is 6.32. The van der Waals surface area contributed by atoms with E-state index in [2.05, 4.69) is 10.3 Å². The van der Waals surface area contributed by atoms with Crippen LogP contribution in [0.1, 0.15) is 23.7 Å². The Kier molecular flexibility index (Phi) is 4.98. The minimum absolute atomic E-state index is 0.255. The minimum Gasteiger partial charge on any atom is -0.495 e. The van der Waals surface area contributed by atoms with E-state index in [-0.39, 0.29) is 11.7 Å². The largest absolute Gasteiger partial charge is 0.495 e. The lowest BCUT2D eigenvalue weighted by Gasteiger charge is -2.10. The van der Waals surface area contributed by atoms with E-state index in [1.807, 2.05) is 37.3 Å². The molecule has 0 radical (unpaired) electrons. The molecule has 2 heterocycles. The number of nitrogens with two attached hydrogens (primary N) is 1. The van der Waals surface area contributed by atoms with Gasteiger partial charge in [0.2, 0.25) is 0 Å². The molecule has 0 bridgehead atoms. The van der Waals surface area contributed by atoms with Crippen molar-refractivity contribution in [2.75, 3.05) is 19.4 Å². The highest BCUT2D eigenvalue weighted by atomic mass is 35.5. The van der Waals surface area contributed by atoms with Crippen molar-refractivity contribution in [3.63, 3.8) is 0 Å². The Balaban J connectivity index is 2.02. The maximum Gasteiger partial charge on any atom is 0.257 e. The number of carbonyl (C=O) groups is 1. The van der Waals surface area contributed by atoms with Crippen LogP contribution in [0.4, 0.5) is 5.82 Å². The van der Waals surface area contributed by atoms with Gasteiger partial charge in [0.25, 0.3) is 5.91 Å². The van der Waals surface area contributed by atoms with E-state index in [0.717, 1.165) is 6.42 Å². The third-order valence-electron chi connectivity index (χ3n) is 4.65. The van der Waals surface area contributed by atoms with E-state index in [1.165, 1.54) is 0 Å². The molecule has 2 aromatic carbocycles. The number of rotatable bonds is 5. The monoisotopic (exact) mass is 409 g/mol. The van der Waals surface area contributed by atoms with Gasteiger partial charge in [0.1, 0.15) is 22.6 Å².